The Morgan fingerprint density at radius 2 is 1.93 bits per heavy atom. The van der Waals surface area contributed by atoms with E-state index in [0.717, 1.165) is 5.57 Å². The average molecular weight is 428 g/mol. The first-order chi connectivity index (χ1) is 14.2. The third-order valence-corrected chi connectivity index (χ3v) is 6.35. The number of nitrogens with zero attached hydrogens (tertiary/aromatic N) is 3. The Kier molecular flexibility index (Phi) is 4.85. The second kappa shape index (κ2) is 7.24. The molecule has 1 amide bonds. The number of halogens is 1. The maximum atomic E-state index is 13.4. The Morgan fingerprint density at radius 1 is 1.23 bits per heavy atom. The molecule has 0 saturated heterocycles. The van der Waals surface area contributed by atoms with Crippen molar-refractivity contribution in [3.63, 3.8) is 0 Å². The molecule has 156 valence electrons. The summed E-state index contributed by atoms with van der Waals surface area (Å²) < 4.78 is 41.2. The Balaban J connectivity index is 2.05. The molecule has 9 heteroatoms. The van der Waals surface area contributed by atoms with Gasteiger partial charge in [-0.3, -0.25) is 13.5 Å². The summed E-state index contributed by atoms with van der Waals surface area (Å²) in [5.41, 5.74) is 3.84. The highest BCUT2D eigenvalue weighted by Crippen LogP contribution is 2.35. The lowest BCUT2D eigenvalue weighted by Crippen LogP contribution is -2.31. The molecule has 1 N–H and O–H groups in total. The largest absolute Gasteiger partial charge is 0.354 e. The van der Waals surface area contributed by atoms with E-state index in [1.54, 1.807) is 28.8 Å². The summed E-state index contributed by atoms with van der Waals surface area (Å²) in [6.45, 7) is 2.24. The lowest BCUT2D eigenvalue weighted by Gasteiger charge is -2.23. The molecule has 0 unspecified atom stereocenters. The minimum atomic E-state index is -3.49. The van der Waals surface area contributed by atoms with E-state index in [-0.39, 0.29) is 11.7 Å². The number of carbonyl (C=O) groups is 1. The Bertz CT molecular complexity index is 1290. The van der Waals surface area contributed by atoms with Crippen LogP contribution in [0.4, 0.5) is 10.1 Å². The number of hydrogen-bond acceptors (Lipinski definition) is 4. The molecular formula is C21H21FN4O3S. The summed E-state index contributed by atoms with van der Waals surface area (Å²) in [6.07, 6.45) is 5.48. The van der Waals surface area contributed by atoms with Gasteiger partial charge in [0.25, 0.3) is 5.91 Å². The quantitative estimate of drug-likeness (QED) is 0.695. The molecule has 1 aliphatic heterocycles. The molecule has 1 aromatic carbocycles. The van der Waals surface area contributed by atoms with Crippen LogP contribution >= 0.6 is 0 Å². The number of pyridine rings is 1. The van der Waals surface area contributed by atoms with Gasteiger partial charge in [-0.25, -0.2) is 17.8 Å². The topological polar surface area (TPSA) is 83.8 Å². The zero-order valence-electron chi connectivity index (χ0n) is 16.8. The SMILES string of the molecule is CNC(=O)c1c(-c2ccc(F)cc2)nc2cc3c(cn12)C(C)=CCCN3S(C)(=O)=O. The molecule has 30 heavy (non-hydrogen) atoms. The molecule has 2 aromatic heterocycles. The van der Waals surface area contributed by atoms with Gasteiger partial charge in [0, 0.05) is 37.0 Å². The average Bonchev–Trinajstić information content (AvgIpc) is 2.98. The van der Waals surface area contributed by atoms with Crippen molar-refractivity contribution in [1.82, 2.24) is 14.7 Å². The highest BCUT2D eigenvalue weighted by Gasteiger charge is 2.27. The smallest absolute Gasteiger partial charge is 0.270 e. The number of hydrogen-bond donors (Lipinski definition) is 1. The zero-order valence-corrected chi connectivity index (χ0v) is 17.6. The van der Waals surface area contributed by atoms with Crippen LogP contribution in [0.5, 0.6) is 0 Å². The summed E-state index contributed by atoms with van der Waals surface area (Å²) in [5.74, 6) is -0.739. The van der Waals surface area contributed by atoms with Crippen LogP contribution in [-0.2, 0) is 10.0 Å². The van der Waals surface area contributed by atoms with Crippen molar-refractivity contribution in [2.75, 3.05) is 24.2 Å². The van der Waals surface area contributed by atoms with Gasteiger partial charge in [0.2, 0.25) is 10.0 Å². The first-order valence-electron chi connectivity index (χ1n) is 9.39. The van der Waals surface area contributed by atoms with Crippen LogP contribution in [0.15, 0.2) is 42.6 Å². The van der Waals surface area contributed by atoms with E-state index in [4.69, 9.17) is 0 Å². The van der Waals surface area contributed by atoms with Gasteiger partial charge in [0.15, 0.2) is 0 Å². The lowest BCUT2D eigenvalue weighted by atomic mass is 10.1. The number of rotatable bonds is 3. The van der Waals surface area contributed by atoms with Crippen molar-refractivity contribution in [1.29, 1.82) is 0 Å². The molecule has 0 atom stereocenters. The van der Waals surface area contributed by atoms with Crippen molar-refractivity contribution in [3.8, 4) is 11.3 Å². The maximum Gasteiger partial charge on any atom is 0.270 e. The summed E-state index contributed by atoms with van der Waals surface area (Å²) in [6, 6.07) is 7.41. The molecule has 1 aliphatic rings. The van der Waals surface area contributed by atoms with Crippen molar-refractivity contribution >= 4 is 32.8 Å². The van der Waals surface area contributed by atoms with Crippen molar-refractivity contribution < 1.29 is 17.6 Å². The van der Waals surface area contributed by atoms with Gasteiger partial charge < -0.3 is 5.32 Å². The van der Waals surface area contributed by atoms with Crippen LogP contribution in [0.25, 0.3) is 22.5 Å². The number of benzene rings is 1. The van der Waals surface area contributed by atoms with Crippen molar-refractivity contribution in [2.24, 2.45) is 0 Å². The van der Waals surface area contributed by atoms with Crippen LogP contribution in [0, 0.1) is 5.82 Å². The summed E-state index contributed by atoms with van der Waals surface area (Å²) in [4.78, 5) is 17.3. The second-order valence-electron chi connectivity index (χ2n) is 7.21. The van der Waals surface area contributed by atoms with E-state index in [1.165, 1.54) is 29.7 Å². The highest BCUT2D eigenvalue weighted by atomic mass is 32.2. The van der Waals surface area contributed by atoms with E-state index in [1.807, 2.05) is 13.0 Å². The second-order valence-corrected chi connectivity index (χ2v) is 9.11. The molecular weight excluding hydrogens is 407 g/mol. The fourth-order valence-electron chi connectivity index (χ4n) is 3.71. The van der Waals surface area contributed by atoms with Crippen LogP contribution < -0.4 is 9.62 Å². The molecule has 3 aromatic rings. The predicted molar refractivity (Wildman–Crippen MR) is 114 cm³/mol. The molecule has 0 saturated carbocycles. The Morgan fingerprint density at radius 3 is 2.57 bits per heavy atom. The van der Waals surface area contributed by atoms with Gasteiger partial charge in [-0.1, -0.05) is 6.08 Å². The normalized spacial score (nSPS) is 14.3. The van der Waals surface area contributed by atoms with Crippen LogP contribution in [-0.4, -0.2) is 43.6 Å². The third kappa shape index (κ3) is 3.35. The lowest BCUT2D eigenvalue weighted by molar-refractivity contribution is 0.0958. The van der Waals surface area contributed by atoms with Gasteiger partial charge in [-0.05, 0) is 43.2 Å². The Labute approximate surface area is 173 Å². The van der Waals surface area contributed by atoms with Crippen molar-refractivity contribution in [3.05, 3.63) is 59.7 Å². The molecule has 0 fully saturated rings. The third-order valence-electron chi connectivity index (χ3n) is 5.17. The first-order valence-corrected chi connectivity index (χ1v) is 11.2. The number of carbonyl (C=O) groups excluding carboxylic acids is 1. The monoisotopic (exact) mass is 428 g/mol. The fraction of sp³-hybridized carbons (Fsp3) is 0.238. The minimum Gasteiger partial charge on any atom is -0.354 e. The number of aromatic nitrogens is 2. The van der Waals surface area contributed by atoms with Gasteiger partial charge >= 0.3 is 0 Å². The van der Waals surface area contributed by atoms with E-state index >= 15 is 0 Å². The maximum absolute atomic E-state index is 13.4. The zero-order chi connectivity index (χ0) is 21.6. The molecule has 3 heterocycles. The van der Waals surface area contributed by atoms with Crippen molar-refractivity contribution in [2.45, 2.75) is 13.3 Å². The Hall–Kier alpha value is -3.20. The molecule has 7 nitrogen and oxygen atoms in total. The fourth-order valence-corrected chi connectivity index (χ4v) is 4.65. The van der Waals surface area contributed by atoms with Gasteiger partial charge in [-0.2, -0.15) is 0 Å². The number of nitrogens with one attached hydrogen (secondary N) is 1. The van der Waals surface area contributed by atoms with Gasteiger partial charge in [-0.15, -0.1) is 0 Å². The molecule has 0 bridgehead atoms. The highest BCUT2D eigenvalue weighted by molar-refractivity contribution is 7.92. The molecule has 4 rings (SSSR count). The van der Waals surface area contributed by atoms with E-state index in [9.17, 15) is 17.6 Å². The van der Waals surface area contributed by atoms with Crippen LogP contribution in [0.2, 0.25) is 0 Å². The standard InChI is InChI=1S/C21H21FN4O3S/c1-13-5-4-10-26(30(3,28)29)17-11-18-24-19(14-6-8-15(22)9-7-14)20(21(27)23-2)25(18)12-16(13)17/h5-9,11-12H,4,10H2,1-3H3,(H,23,27). The van der Waals surface area contributed by atoms with E-state index in [2.05, 4.69) is 10.3 Å². The first kappa shape index (κ1) is 20.1. The van der Waals surface area contributed by atoms with Crippen LogP contribution in [0.3, 0.4) is 0 Å². The number of fused-ring (bicyclic) bond motifs is 2. The van der Waals surface area contributed by atoms with E-state index < -0.39 is 10.0 Å². The van der Waals surface area contributed by atoms with Crippen LogP contribution in [0.1, 0.15) is 29.4 Å². The summed E-state index contributed by atoms with van der Waals surface area (Å²) in [7, 11) is -1.97. The van der Waals surface area contributed by atoms with Gasteiger partial charge in [0.1, 0.15) is 22.9 Å². The predicted octanol–water partition coefficient (Wildman–Crippen LogP) is 3.07. The summed E-state index contributed by atoms with van der Waals surface area (Å²) >= 11 is 0. The number of anilines is 1. The van der Waals surface area contributed by atoms with E-state index in [0.29, 0.717) is 46.8 Å². The number of allylic oxidation sites excluding steroid dienone is 1. The molecule has 0 aliphatic carbocycles. The number of imidazole rings is 1. The molecule has 0 spiro atoms. The minimum absolute atomic E-state index is 0.296. The number of amides is 1. The summed E-state index contributed by atoms with van der Waals surface area (Å²) in [5, 5.41) is 2.62. The number of sulfonamides is 1. The van der Waals surface area contributed by atoms with Gasteiger partial charge in [0.05, 0.1) is 11.9 Å². The molecule has 0 radical (unpaired) electrons.